The van der Waals surface area contributed by atoms with Crippen molar-refractivity contribution in [1.29, 1.82) is 0 Å². The molecule has 2 aliphatic rings. The summed E-state index contributed by atoms with van der Waals surface area (Å²) in [6, 6.07) is 13.0. The highest BCUT2D eigenvalue weighted by Gasteiger charge is 2.28. The molecule has 0 spiro atoms. The monoisotopic (exact) mass is 413 g/mol. The standard InChI is InChI=1S/C23H31N3O2S/c1-24(2)23(27)22-12-11-21(29-22)19-9-7-18(8-10-19)17-28-26-15-5-6-20(26)16-25-13-3-4-14-25/h7-12,20H,3-6,13-17H2,1-2H3. The summed E-state index contributed by atoms with van der Waals surface area (Å²) in [6.07, 6.45) is 5.15. The second-order valence-electron chi connectivity index (χ2n) is 8.28. The van der Waals surface area contributed by atoms with Gasteiger partial charge in [-0.05, 0) is 62.0 Å². The van der Waals surface area contributed by atoms with E-state index in [-0.39, 0.29) is 5.91 Å². The Labute approximate surface area is 177 Å². The zero-order valence-corrected chi connectivity index (χ0v) is 18.3. The maximum Gasteiger partial charge on any atom is 0.263 e. The minimum absolute atomic E-state index is 0.0559. The summed E-state index contributed by atoms with van der Waals surface area (Å²) in [4.78, 5) is 24.4. The molecule has 5 nitrogen and oxygen atoms in total. The maximum absolute atomic E-state index is 12.1. The summed E-state index contributed by atoms with van der Waals surface area (Å²) >= 11 is 1.54. The second-order valence-corrected chi connectivity index (χ2v) is 9.36. The third-order valence-corrected chi connectivity index (χ3v) is 6.97. The Hall–Kier alpha value is -1.73. The van der Waals surface area contributed by atoms with Crippen molar-refractivity contribution in [1.82, 2.24) is 14.9 Å². The first kappa shape index (κ1) is 20.5. The quantitative estimate of drug-likeness (QED) is 0.684. The van der Waals surface area contributed by atoms with Gasteiger partial charge in [0.05, 0.1) is 11.5 Å². The van der Waals surface area contributed by atoms with Crippen LogP contribution in [-0.2, 0) is 11.4 Å². The molecule has 1 aromatic heterocycles. The van der Waals surface area contributed by atoms with Crippen LogP contribution < -0.4 is 0 Å². The number of thiophene rings is 1. The lowest BCUT2D eigenvalue weighted by atomic mass is 10.1. The van der Waals surface area contributed by atoms with Gasteiger partial charge in [0.1, 0.15) is 0 Å². The van der Waals surface area contributed by atoms with E-state index < -0.39 is 0 Å². The second kappa shape index (κ2) is 9.39. The van der Waals surface area contributed by atoms with Gasteiger partial charge in [-0.3, -0.25) is 9.63 Å². The molecule has 156 valence electrons. The van der Waals surface area contributed by atoms with Crippen molar-refractivity contribution >= 4 is 17.2 Å². The molecule has 0 N–H and O–H groups in total. The molecule has 2 aliphatic heterocycles. The number of hydrogen-bond donors (Lipinski definition) is 0. The molecule has 0 bridgehead atoms. The van der Waals surface area contributed by atoms with Gasteiger partial charge < -0.3 is 9.80 Å². The van der Waals surface area contributed by atoms with Gasteiger partial charge in [-0.15, -0.1) is 11.3 Å². The van der Waals surface area contributed by atoms with E-state index in [9.17, 15) is 4.79 Å². The SMILES string of the molecule is CN(C)C(=O)c1ccc(-c2ccc(CON3CCCC3CN3CCCC3)cc2)s1. The van der Waals surface area contributed by atoms with Crippen LogP contribution in [0.1, 0.15) is 40.9 Å². The van der Waals surface area contributed by atoms with Gasteiger partial charge in [0, 0.05) is 38.1 Å². The molecular weight excluding hydrogens is 382 g/mol. The van der Waals surface area contributed by atoms with Crippen LogP contribution in [-0.4, -0.2) is 67.1 Å². The van der Waals surface area contributed by atoms with E-state index in [1.54, 1.807) is 30.3 Å². The normalized spacial score (nSPS) is 20.4. The number of carbonyl (C=O) groups excluding carboxylic acids is 1. The molecular formula is C23H31N3O2S. The predicted molar refractivity (Wildman–Crippen MR) is 118 cm³/mol. The average Bonchev–Trinajstić information content (AvgIpc) is 3.49. The lowest BCUT2D eigenvalue weighted by molar-refractivity contribution is -0.181. The molecule has 1 unspecified atom stereocenters. The topological polar surface area (TPSA) is 36.0 Å². The molecule has 0 aliphatic carbocycles. The molecule has 3 heterocycles. The lowest BCUT2D eigenvalue weighted by Gasteiger charge is -2.27. The smallest absolute Gasteiger partial charge is 0.263 e. The first-order valence-corrected chi connectivity index (χ1v) is 11.4. The van der Waals surface area contributed by atoms with Crippen molar-refractivity contribution in [2.24, 2.45) is 0 Å². The molecule has 4 rings (SSSR count). The number of likely N-dealkylation sites (tertiary alicyclic amines) is 1. The van der Waals surface area contributed by atoms with Crippen molar-refractivity contribution in [3.63, 3.8) is 0 Å². The van der Waals surface area contributed by atoms with Crippen molar-refractivity contribution < 1.29 is 9.63 Å². The molecule has 2 saturated heterocycles. The molecule has 0 radical (unpaired) electrons. The van der Waals surface area contributed by atoms with Gasteiger partial charge >= 0.3 is 0 Å². The van der Waals surface area contributed by atoms with Gasteiger partial charge in [0.25, 0.3) is 5.91 Å². The number of rotatable bonds is 7. The van der Waals surface area contributed by atoms with Crippen molar-refractivity contribution in [3.8, 4) is 10.4 Å². The number of hydroxylamine groups is 2. The van der Waals surface area contributed by atoms with Crippen LogP contribution in [0.4, 0.5) is 0 Å². The number of carbonyl (C=O) groups is 1. The predicted octanol–water partition coefficient (Wildman–Crippen LogP) is 4.11. The van der Waals surface area contributed by atoms with Gasteiger partial charge in [-0.2, -0.15) is 5.06 Å². The molecule has 2 fully saturated rings. The van der Waals surface area contributed by atoms with Crippen molar-refractivity contribution in [2.45, 2.75) is 38.3 Å². The zero-order chi connectivity index (χ0) is 20.2. The van der Waals surface area contributed by atoms with Crippen LogP contribution in [0.5, 0.6) is 0 Å². The highest BCUT2D eigenvalue weighted by molar-refractivity contribution is 7.17. The third kappa shape index (κ3) is 5.07. The minimum Gasteiger partial charge on any atom is -0.344 e. The van der Waals surface area contributed by atoms with Crippen LogP contribution >= 0.6 is 11.3 Å². The number of amides is 1. The van der Waals surface area contributed by atoms with E-state index in [1.807, 2.05) is 12.1 Å². The highest BCUT2D eigenvalue weighted by atomic mass is 32.1. The van der Waals surface area contributed by atoms with Gasteiger partial charge in [-0.25, -0.2) is 0 Å². The fourth-order valence-electron chi connectivity index (χ4n) is 4.18. The van der Waals surface area contributed by atoms with E-state index in [0.29, 0.717) is 12.6 Å². The summed E-state index contributed by atoms with van der Waals surface area (Å²) < 4.78 is 0. The summed E-state index contributed by atoms with van der Waals surface area (Å²) in [5, 5.41) is 2.21. The summed E-state index contributed by atoms with van der Waals surface area (Å²) in [7, 11) is 3.57. The van der Waals surface area contributed by atoms with E-state index in [4.69, 9.17) is 4.84 Å². The molecule has 6 heteroatoms. The first-order valence-electron chi connectivity index (χ1n) is 10.6. The molecule has 0 saturated carbocycles. The fourth-order valence-corrected chi connectivity index (χ4v) is 5.21. The Morgan fingerprint density at radius 1 is 1.07 bits per heavy atom. The fraction of sp³-hybridized carbons (Fsp3) is 0.522. The highest BCUT2D eigenvalue weighted by Crippen LogP contribution is 2.29. The average molecular weight is 414 g/mol. The molecule has 1 atom stereocenters. The zero-order valence-electron chi connectivity index (χ0n) is 17.5. The van der Waals surface area contributed by atoms with Crippen molar-refractivity contribution in [3.05, 3.63) is 46.8 Å². The molecule has 1 aromatic carbocycles. The Morgan fingerprint density at radius 3 is 2.55 bits per heavy atom. The number of nitrogens with zero attached hydrogens (tertiary/aromatic N) is 3. The summed E-state index contributed by atoms with van der Waals surface area (Å²) in [5.41, 5.74) is 2.33. The number of benzene rings is 1. The van der Waals surface area contributed by atoms with Gasteiger partial charge in [-0.1, -0.05) is 24.3 Å². The third-order valence-electron chi connectivity index (χ3n) is 5.85. The first-order chi connectivity index (χ1) is 14.1. The Kier molecular flexibility index (Phi) is 6.65. The number of hydrogen-bond acceptors (Lipinski definition) is 5. The molecule has 1 amide bonds. The summed E-state index contributed by atoms with van der Waals surface area (Å²) in [6.45, 7) is 5.29. The lowest BCUT2D eigenvalue weighted by Crippen LogP contribution is -2.39. The Bertz CT molecular complexity index is 812. The van der Waals surface area contributed by atoms with Gasteiger partial charge in [0.15, 0.2) is 0 Å². The van der Waals surface area contributed by atoms with E-state index in [2.05, 4.69) is 34.2 Å². The maximum atomic E-state index is 12.1. The van der Waals surface area contributed by atoms with E-state index >= 15 is 0 Å². The molecule has 29 heavy (non-hydrogen) atoms. The molecule has 2 aromatic rings. The van der Waals surface area contributed by atoms with Crippen LogP contribution in [0.2, 0.25) is 0 Å². The van der Waals surface area contributed by atoms with Crippen LogP contribution in [0, 0.1) is 0 Å². The largest absolute Gasteiger partial charge is 0.344 e. The Morgan fingerprint density at radius 2 is 1.83 bits per heavy atom. The van der Waals surface area contributed by atoms with E-state index in [0.717, 1.165) is 28.4 Å². The Balaban J connectivity index is 1.32. The van der Waals surface area contributed by atoms with E-state index in [1.165, 1.54) is 44.3 Å². The van der Waals surface area contributed by atoms with Crippen LogP contribution in [0.25, 0.3) is 10.4 Å². The van der Waals surface area contributed by atoms with Gasteiger partial charge in [0.2, 0.25) is 0 Å². The van der Waals surface area contributed by atoms with Crippen LogP contribution in [0.15, 0.2) is 36.4 Å². The van der Waals surface area contributed by atoms with Crippen LogP contribution in [0.3, 0.4) is 0 Å². The summed E-state index contributed by atoms with van der Waals surface area (Å²) in [5.74, 6) is 0.0559. The van der Waals surface area contributed by atoms with Crippen molar-refractivity contribution in [2.75, 3.05) is 40.3 Å². The minimum atomic E-state index is 0.0559.